The Labute approximate surface area is 107 Å². The number of thiazole rings is 1. The number of aromatic nitrogens is 1. The van der Waals surface area contributed by atoms with Gasteiger partial charge < -0.3 is 15.0 Å². The summed E-state index contributed by atoms with van der Waals surface area (Å²) in [5.41, 5.74) is 6.18. The third-order valence-electron chi connectivity index (χ3n) is 2.37. The zero-order valence-corrected chi connectivity index (χ0v) is 10.6. The molecule has 1 fully saturated rings. The Balaban J connectivity index is 2.22. The number of aliphatic carboxylic acids is 1. The Morgan fingerprint density at radius 2 is 2.53 bits per heavy atom. The minimum absolute atomic E-state index is 0.211. The minimum atomic E-state index is -0.966. The number of hydrogen-bond donors (Lipinski definition) is 2. The van der Waals surface area contributed by atoms with E-state index in [-0.39, 0.29) is 11.5 Å². The van der Waals surface area contributed by atoms with E-state index in [1.807, 2.05) is 0 Å². The number of rotatable bonds is 3. The first-order valence-electron chi connectivity index (χ1n) is 5.07. The lowest BCUT2D eigenvalue weighted by Gasteiger charge is -2.17. The van der Waals surface area contributed by atoms with Crippen LogP contribution in [0, 0.1) is 5.92 Å². The molecular weight excluding hydrogens is 260 g/mol. The van der Waals surface area contributed by atoms with Crippen molar-refractivity contribution in [3.05, 3.63) is 17.2 Å². The van der Waals surface area contributed by atoms with Crippen LogP contribution < -0.4 is 5.73 Å². The predicted octanol–water partition coefficient (Wildman–Crippen LogP) is 1.88. The zero-order chi connectivity index (χ0) is 12.3. The molecule has 0 bridgehead atoms. The van der Waals surface area contributed by atoms with Crippen LogP contribution in [0.5, 0.6) is 0 Å². The molecule has 3 N–H and O–H groups in total. The molecule has 17 heavy (non-hydrogen) atoms. The fraction of sp³-hybridized carbons (Fsp3) is 0.400. The summed E-state index contributed by atoms with van der Waals surface area (Å²) in [6, 6.07) is 0. The van der Waals surface area contributed by atoms with Gasteiger partial charge in [0.2, 0.25) is 0 Å². The SMILES string of the molecule is Nc1nc(/C(=C/C2CCOSC2)C(=O)O)cs1. The summed E-state index contributed by atoms with van der Waals surface area (Å²) in [5, 5.41) is 11.2. The highest BCUT2D eigenvalue weighted by Crippen LogP contribution is 2.26. The smallest absolute Gasteiger partial charge is 0.337 e. The largest absolute Gasteiger partial charge is 0.478 e. The number of hydrogen-bond acceptors (Lipinski definition) is 6. The van der Waals surface area contributed by atoms with E-state index in [1.165, 1.54) is 23.4 Å². The lowest BCUT2D eigenvalue weighted by atomic mass is 10.0. The van der Waals surface area contributed by atoms with E-state index in [0.29, 0.717) is 17.4 Å². The van der Waals surface area contributed by atoms with Crippen molar-refractivity contribution < 1.29 is 14.1 Å². The van der Waals surface area contributed by atoms with Gasteiger partial charge in [0.1, 0.15) is 0 Å². The number of nitrogens with zero attached hydrogens (tertiary/aromatic N) is 1. The molecule has 7 heteroatoms. The maximum Gasteiger partial charge on any atom is 0.337 e. The van der Waals surface area contributed by atoms with Crippen LogP contribution in [0.25, 0.3) is 5.57 Å². The van der Waals surface area contributed by atoms with E-state index in [9.17, 15) is 9.90 Å². The topological polar surface area (TPSA) is 85.4 Å². The van der Waals surface area contributed by atoms with Crippen molar-refractivity contribution in [1.29, 1.82) is 0 Å². The summed E-state index contributed by atoms with van der Waals surface area (Å²) in [4.78, 5) is 15.2. The van der Waals surface area contributed by atoms with Gasteiger partial charge in [-0.25, -0.2) is 9.78 Å². The lowest BCUT2D eigenvalue weighted by Crippen LogP contribution is -2.12. The van der Waals surface area contributed by atoms with E-state index in [0.717, 1.165) is 12.2 Å². The Kier molecular flexibility index (Phi) is 4.03. The molecule has 2 heterocycles. The summed E-state index contributed by atoms with van der Waals surface area (Å²) >= 11 is 2.62. The number of nitrogens with two attached hydrogens (primary N) is 1. The van der Waals surface area contributed by atoms with Crippen LogP contribution in [0.4, 0.5) is 5.13 Å². The second-order valence-electron chi connectivity index (χ2n) is 3.61. The fourth-order valence-electron chi connectivity index (χ4n) is 1.52. The van der Waals surface area contributed by atoms with Crippen LogP contribution in [0.3, 0.4) is 0 Å². The average molecular weight is 272 g/mol. The van der Waals surface area contributed by atoms with Crippen LogP contribution in [0.15, 0.2) is 11.5 Å². The van der Waals surface area contributed by atoms with Gasteiger partial charge in [-0.1, -0.05) is 6.08 Å². The number of nitrogen functional groups attached to an aromatic ring is 1. The first-order chi connectivity index (χ1) is 8.16. The van der Waals surface area contributed by atoms with Gasteiger partial charge in [-0.3, -0.25) is 0 Å². The molecule has 2 rings (SSSR count). The molecule has 1 saturated heterocycles. The first-order valence-corrected chi connectivity index (χ1v) is 6.86. The van der Waals surface area contributed by atoms with Crippen LogP contribution in [0.1, 0.15) is 12.1 Å². The quantitative estimate of drug-likeness (QED) is 0.645. The van der Waals surface area contributed by atoms with Gasteiger partial charge >= 0.3 is 5.97 Å². The second kappa shape index (κ2) is 5.52. The van der Waals surface area contributed by atoms with Gasteiger partial charge in [-0.05, 0) is 24.4 Å². The highest BCUT2D eigenvalue weighted by atomic mass is 32.2. The van der Waals surface area contributed by atoms with Crippen LogP contribution >= 0.6 is 23.4 Å². The molecule has 1 aliphatic heterocycles. The van der Waals surface area contributed by atoms with Crippen LogP contribution in [-0.2, 0) is 8.98 Å². The maximum absolute atomic E-state index is 11.2. The highest BCUT2D eigenvalue weighted by molar-refractivity contribution is 7.94. The van der Waals surface area contributed by atoms with Gasteiger partial charge in [0.25, 0.3) is 0 Å². The van der Waals surface area contributed by atoms with Gasteiger partial charge in [0.15, 0.2) is 5.13 Å². The van der Waals surface area contributed by atoms with Crippen molar-refractivity contribution in [3.63, 3.8) is 0 Å². The molecule has 1 unspecified atom stereocenters. The van der Waals surface area contributed by atoms with Crippen LogP contribution in [-0.4, -0.2) is 28.4 Å². The maximum atomic E-state index is 11.2. The summed E-state index contributed by atoms with van der Waals surface area (Å²) in [6.07, 6.45) is 2.59. The van der Waals surface area contributed by atoms with Crippen molar-refractivity contribution >= 4 is 40.1 Å². The Bertz CT molecular complexity index is 439. The number of carboxylic acids is 1. The summed E-state index contributed by atoms with van der Waals surface area (Å²) in [5.74, 6) is 0.0192. The number of carboxylic acid groups (broad SMARTS) is 1. The molecule has 0 amide bonds. The third-order valence-corrected chi connectivity index (χ3v) is 3.94. The van der Waals surface area contributed by atoms with E-state index >= 15 is 0 Å². The molecule has 1 aliphatic rings. The Morgan fingerprint density at radius 1 is 1.71 bits per heavy atom. The van der Waals surface area contributed by atoms with E-state index in [1.54, 1.807) is 11.5 Å². The highest BCUT2D eigenvalue weighted by Gasteiger charge is 2.19. The van der Waals surface area contributed by atoms with Crippen LogP contribution in [0.2, 0.25) is 0 Å². The summed E-state index contributed by atoms with van der Waals surface area (Å²) in [7, 11) is 0. The predicted molar refractivity (Wildman–Crippen MR) is 68.7 cm³/mol. The molecule has 0 aromatic carbocycles. The zero-order valence-electron chi connectivity index (χ0n) is 8.96. The van der Waals surface area contributed by atoms with Gasteiger partial charge in [-0.15, -0.1) is 11.3 Å². The average Bonchev–Trinajstić information content (AvgIpc) is 2.73. The molecule has 0 saturated carbocycles. The molecule has 5 nitrogen and oxygen atoms in total. The van der Waals surface area contributed by atoms with Crippen molar-refractivity contribution in [2.45, 2.75) is 6.42 Å². The van der Waals surface area contributed by atoms with Gasteiger partial charge in [0.05, 0.1) is 17.9 Å². The summed E-state index contributed by atoms with van der Waals surface area (Å²) in [6.45, 7) is 0.651. The first kappa shape index (κ1) is 12.4. The third kappa shape index (κ3) is 3.21. The van der Waals surface area contributed by atoms with Gasteiger partial charge in [-0.2, -0.15) is 0 Å². The van der Waals surface area contributed by atoms with E-state index in [2.05, 4.69) is 4.98 Å². The second-order valence-corrected chi connectivity index (χ2v) is 5.31. The standard InChI is InChI=1S/C10H12N2O3S2/c11-10-12-8(5-16-10)7(9(13)14)3-6-1-2-15-17-4-6/h3,5-6H,1-2,4H2,(H2,11,12)(H,13,14)/b7-3-. The molecule has 0 radical (unpaired) electrons. The Morgan fingerprint density at radius 3 is 3.06 bits per heavy atom. The number of allylic oxidation sites excluding steroid dienone is 1. The van der Waals surface area contributed by atoms with Crippen molar-refractivity contribution in [2.75, 3.05) is 18.1 Å². The van der Waals surface area contributed by atoms with E-state index in [4.69, 9.17) is 9.92 Å². The summed E-state index contributed by atoms with van der Waals surface area (Å²) < 4.78 is 5.16. The monoisotopic (exact) mass is 272 g/mol. The molecule has 92 valence electrons. The molecular formula is C10H12N2O3S2. The Hall–Kier alpha value is -1.05. The number of carbonyl (C=O) groups is 1. The van der Waals surface area contributed by atoms with Crippen molar-refractivity contribution in [1.82, 2.24) is 4.98 Å². The molecule has 1 aromatic heterocycles. The lowest BCUT2D eigenvalue weighted by molar-refractivity contribution is -0.130. The molecule has 1 atom stereocenters. The normalized spacial score (nSPS) is 21.4. The molecule has 0 spiro atoms. The minimum Gasteiger partial charge on any atom is -0.478 e. The van der Waals surface area contributed by atoms with E-state index < -0.39 is 5.97 Å². The van der Waals surface area contributed by atoms with Crippen molar-refractivity contribution in [2.24, 2.45) is 5.92 Å². The van der Waals surface area contributed by atoms with Gasteiger partial charge in [0, 0.05) is 11.1 Å². The molecule has 0 aliphatic carbocycles. The molecule has 1 aromatic rings. The fourth-order valence-corrected chi connectivity index (χ4v) is 2.83. The van der Waals surface area contributed by atoms with Crippen molar-refractivity contribution in [3.8, 4) is 0 Å². The number of anilines is 1.